The average Bonchev–Trinajstić information content (AvgIpc) is 2.78. The highest BCUT2D eigenvalue weighted by molar-refractivity contribution is 5.94. The quantitative estimate of drug-likeness (QED) is 0.630. The first-order valence-electron chi connectivity index (χ1n) is 9.60. The van der Waals surface area contributed by atoms with E-state index in [4.69, 9.17) is 14.2 Å². The van der Waals surface area contributed by atoms with Crippen molar-refractivity contribution in [1.82, 2.24) is 4.90 Å². The van der Waals surface area contributed by atoms with E-state index in [2.05, 4.69) is 0 Å². The number of carbonyl (C=O) groups excluding carboxylic acids is 1. The number of nitrogens with zero attached hydrogens (tertiary/aromatic N) is 1. The Labute approximate surface area is 170 Å². The fourth-order valence-corrected chi connectivity index (χ4v) is 3.18. The molecule has 1 aliphatic rings. The van der Waals surface area contributed by atoms with Crippen molar-refractivity contribution in [2.45, 2.75) is 13.2 Å². The van der Waals surface area contributed by atoms with Crippen molar-refractivity contribution in [1.29, 1.82) is 0 Å². The van der Waals surface area contributed by atoms with Crippen LogP contribution in [0, 0.1) is 0 Å². The Balaban J connectivity index is 1.36. The van der Waals surface area contributed by atoms with Crippen LogP contribution in [0.15, 0.2) is 72.8 Å². The molecule has 0 N–H and O–H groups in total. The first-order valence-corrected chi connectivity index (χ1v) is 9.60. The second-order valence-electron chi connectivity index (χ2n) is 6.94. The lowest BCUT2D eigenvalue weighted by Gasteiger charge is -2.21. The molecule has 0 aliphatic carbocycles. The number of fused-ring (bicyclic) bond motifs is 1. The molecule has 0 saturated heterocycles. The Hall–Kier alpha value is -3.47. The molecule has 0 fully saturated rings. The molecule has 0 bridgehead atoms. The summed E-state index contributed by atoms with van der Waals surface area (Å²) in [5.41, 5.74) is 2.66. The zero-order valence-electron chi connectivity index (χ0n) is 16.3. The Morgan fingerprint density at radius 1 is 0.897 bits per heavy atom. The maximum absolute atomic E-state index is 12.8. The summed E-state index contributed by atoms with van der Waals surface area (Å²) in [6.07, 6.45) is 0. The highest BCUT2D eigenvalue weighted by Gasteiger charge is 2.15. The zero-order valence-corrected chi connectivity index (χ0v) is 16.3. The highest BCUT2D eigenvalue weighted by Crippen LogP contribution is 2.31. The minimum absolute atomic E-state index is 0.0320. The number of hydrogen-bond donors (Lipinski definition) is 0. The Morgan fingerprint density at radius 3 is 2.34 bits per heavy atom. The number of ether oxygens (including phenoxy) is 3. The molecule has 3 aromatic carbocycles. The van der Waals surface area contributed by atoms with Gasteiger partial charge in [-0.3, -0.25) is 4.79 Å². The van der Waals surface area contributed by atoms with Crippen LogP contribution in [0.4, 0.5) is 0 Å². The van der Waals surface area contributed by atoms with E-state index in [-0.39, 0.29) is 5.91 Å². The lowest BCUT2D eigenvalue weighted by atomic mass is 10.1. The number of carbonyl (C=O) groups is 1. The van der Waals surface area contributed by atoms with Crippen LogP contribution in [0.1, 0.15) is 21.5 Å². The summed E-state index contributed by atoms with van der Waals surface area (Å²) in [6, 6.07) is 23.0. The van der Waals surface area contributed by atoms with Crippen molar-refractivity contribution in [3.8, 4) is 17.2 Å². The van der Waals surface area contributed by atoms with Crippen LogP contribution < -0.4 is 14.2 Å². The summed E-state index contributed by atoms with van der Waals surface area (Å²) in [5, 5.41) is 0. The number of hydrogen-bond acceptors (Lipinski definition) is 4. The first kappa shape index (κ1) is 18.9. The Kier molecular flexibility index (Phi) is 5.66. The fraction of sp³-hybridized carbons (Fsp3) is 0.208. The number of benzene rings is 3. The molecule has 0 atom stereocenters. The van der Waals surface area contributed by atoms with E-state index in [0.29, 0.717) is 31.9 Å². The van der Waals surface area contributed by atoms with E-state index in [1.54, 1.807) is 11.9 Å². The highest BCUT2D eigenvalue weighted by atomic mass is 16.6. The molecule has 0 saturated carbocycles. The standard InChI is InChI=1S/C24H23NO4/c1-25(16-19-9-12-22-23(15-19)28-14-13-27-22)24(26)20-10-7-18(8-11-20)17-29-21-5-3-2-4-6-21/h2-12,15H,13-14,16-17H2,1H3. The third kappa shape index (κ3) is 4.69. The second-order valence-corrected chi connectivity index (χ2v) is 6.94. The predicted octanol–water partition coefficient (Wildman–Crippen LogP) is 4.31. The summed E-state index contributed by atoms with van der Waals surface area (Å²) in [7, 11) is 1.80. The van der Waals surface area contributed by atoms with Crippen molar-refractivity contribution in [3.05, 3.63) is 89.5 Å². The lowest BCUT2D eigenvalue weighted by molar-refractivity contribution is 0.0784. The van der Waals surface area contributed by atoms with Gasteiger partial charge in [0, 0.05) is 19.2 Å². The molecule has 5 heteroatoms. The Bertz CT molecular complexity index is 970. The van der Waals surface area contributed by atoms with Gasteiger partial charge in [-0.15, -0.1) is 0 Å². The molecule has 29 heavy (non-hydrogen) atoms. The minimum Gasteiger partial charge on any atom is -0.489 e. The summed E-state index contributed by atoms with van der Waals surface area (Å²) in [4.78, 5) is 14.5. The van der Waals surface area contributed by atoms with Gasteiger partial charge in [0.15, 0.2) is 11.5 Å². The van der Waals surface area contributed by atoms with Crippen LogP contribution >= 0.6 is 0 Å². The summed E-state index contributed by atoms with van der Waals surface area (Å²) in [6.45, 7) is 2.07. The van der Waals surface area contributed by atoms with Crippen molar-refractivity contribution in [2.75, 3.05) is 20.3 Å². The van der Waals surface area contributed by atoms with Crippen LogP contribution in [0.5, 0.6) is 17.2 Å². The van der Waals surface area contributed by atoms with Gasteiger partial charge in [0.05, 0.1) is 0 Å². The topological polar surface area (TPSA) is 48.0 Å². The molecule has 0 unspecified atom stereocenters. The molecular formula is C24H23NO4. The predicted molar refractivity (Wildman–Crippen MR) is 110 cm³/mol. The largest absolute Gasteiger partial charge is 0.489 e. The molecule has 0 spiro atoms. The zero-order chi connectivity index (χ0) is 20.1. The smallest absolute Gasteiger partial charge is 0.253 e. The maximum atomic E-state index is 12.8. The first-order chi connectivity index (χ1) is 14.2. The van der Waals surface area contributed by atoms with Gasteiger partial charge in [-0.05, 0) is 47.5 Å². The molecule has 1 heterocycles. The van der Waals surface area contributed by atoms with Gasteiger partial charge >= 0.3 is 0 Å². The summed E-state index contributed by atoms with van der Waals surface area (Å²) >= 11 is 0. The average molecular weight is 389 g/mol. The third-order valence-corrected chi connectivity index (χ3v) is 4.72. The number of rotatable bonds is 6. The van der Waals surface area contributed by atoms with Crippen molar-refractivity contribution in [3.63, 3.8) is 0 Å². The summed E-state index contributed by atoms with van der Waals surface area (Å²) < 4.78 is 16.9. The van der Waals surface area contributed by atoms with E-state index in [0.717, 1.165) is 28.4 Å². The van der Waals surface area contributed by atoms with Gasteiger partial charge in [-0.2, -0.15) is 0 Å². The van der Waals surface area contributed by atoms with Gasteiger partial charge in [0.25, 0.3) is 5.91 Å². The molecule has 1 aliphatic heterocycles. The summed E-state index contributed by atoms with van der Waals surface area (Å²) in [5.74, 6) is 2.28. The maximum Gasteiger partial charge on any atom is 0.253 e. The SMILES string of the molecule is CN(Cc1ccc2c(c1)OCCO2)C(=O)c1ccc(COc2ccccc2)cc1. The molecule has 1 amide bonds. The van der Waals surface area contributed by atoms with Gasteiger partial charge in [0.2, 0.25) is 0 Å². The van der Waals surface area contributed by atoms with Crippen molar-refractivity contribution >= 4 is 5.91 Å². The second kappa shape index (κ2) is 8.69. The third-order valence-electron chi connectivity index (χ3n) is 4.72. The molecule has 5 nitrogen and oxygen atoms in total. The number of para-hydroxylation sites is 1. The normalized spacial score (nSPS) is 12.3. The number of amides is 1. The molecule has 0 aromatic heterocycles. The Morgan fingerprint density at radius 2 is 1.59 bits per heavy atom. The van der Waals surface area contributed by atoms with Crippen LogP contribution in [0.2, 0.25) is 0 Å². The lowest BCUT2D eigenvalue weighted by Crippen LogP contribution is -2.26. The van der Waals surface area contributed by atoms with E-state index in [1.807, 2.05) is 72.8 Å². The van der Waals surface area contributed by atoms with Crippen LogP contribution in [-0.4, -0.2) is 31.1 Å². The van der Waals surface area contributed by atoms with Crippen molar-refractivity contribution < 1.29 is 19.0 Å². The van der Waals surface area contributed by atoms with Crippen LogP contribution in [-0.2, 0) is 13.2 Å². The van der Waals surface area contributed by atoms with E-state index in [9.17, 15) is 4.79 Å². The van der Waals surface area contributed by atoms with Gasteiger partial charge in [-0.25, -0.2) is 0 Å². The molecule has 4 rings (SSSR count). The molecule has 148 valence electrons. The van der Waals surface area contributed by atoms with Crippen molar-refractivity contribution in [2.24, 2.45) is 0 Å². The molecule has 3 aromatic rings. The van der Waals surface area contributed by atoms with Gasteiger partial charge in [0.1, 0.15) is 25.6 Å². The van der Waals surface area contributed by atoms with Gasteiger partial charge < -0.3 is 19.1 Å². The fourth-order valence-electron chi connectivity index (χ4n) is 3.18. The molecular weight excluding hydrogens is 366 g/mol. The van der Waals surface area contributed by atoms with E-state index >= 15 is 0 Å². The van der Waals surface area contributed by atoms with E-state index in [1.165, 1.54) is 0 Å². The van der Waals surface area contributed by atoms with Gasteiger partial charge in [-0.1, -0.05) is 36.4 Å². The molecule has 0 radical (unpaired) electrons. The van der Waals surface area contributed by atoms with Crippen LogP contribution in [0.25, 0.3) is 0 Å². The van der Waals surface area contributed by atoms with Crippen LogP contribution in [0.3, 0.4) is 0 Å². The monoisotopic (exact) mass is 389 g/mol. The van der Waals surface area contributed by atoms with E-state index < -0.39 is 0 Å². The minimum atomic E-state index is -0.0320.